The van der Waals surface area contributed by atoms with Crippen LogP contribution in [-0.2, 0) is 11.2 Å². The highest BCUT2D eigenvalue weighted by Crippen LogP contribution is 2.32. The quantitative estimate of drug-likeness (QED) is 0.790. The molecule has 0 aliphatic carbocycles. The van der Waals surface area contributed by atoms with Gasteiger partial charge in [0.25, 0.3) is 0 Å². The molecule has 0 radical (unpaired) electrons. The molecule has 2 atom stereocenters. The van der Waals surface area contributed by atoms with Gasteiger partial charge in [0.2, 0.25) is 5.91 Å². The van der Waals surface area contributed by atoms with Crippen LogP contribution in [0.2, 0.25) is 0 Å². The second-order valence-corrected chi connectivity index (χ2v) is 7.26. The van der Waals surface area contributed by atoms with Gasteiger partial charge in [-0.15, -0.1) is 12.4 Å². The minimum Gasteiger partial charge on any atom is -0.342 e. The summed E-state index contributed by atoms with van der Waals surface area (Å²) in [6.07, 6.45) is 1.31. The predicted octanol–water partition coefficient (Wildman–Crippen LogP) is 4.00. The Balaban J connectivity index is 0.00000225. The van der Waals surface area contributed by atoms with Gasteiger partial charge in [-0.1, -0.05) is 64.5 Å². The number of aryl methyl sites for hydroxylation is 1. The zero-order valence-electron chi connectivity index (χ0n) is 14.1. The predicted molar refractivity (Wildman–Crippen MR) is 108 cm³/mol. The lowest BCUT2D eigenvalue weighted by molar-refractivity contribution is -0.130. The Labute approximate surface area is 164 Å². The topological polar surface area (TPSA) is 46.3 Å². The van der Waals surface area contributed by atoms with Gasteiger partial charge in [0, 0.05) is 29.9 Å². The number of hydrogen-bond donors (Lipinski definition) is 1. The van der Waals surface area contributed by atoms with Crippen LogP contribution in [0.5, 0.6) is 0 Å². The molecule has 25 heavy (non-hydrogen) atoms. The number of nitrogens with two attached hydrogens (primary N) is 1. The molecular weight excluding hydrogens is 400 g/mol. The maximum Gasteiger partial charge on any atom is 0.222 e. The lowest BCUT2D eigenvalue weighted by atomic mass is 9.89. The number of likely N-dealkylation sites (tertiary alicyclic amines) is 1. The van der Waals surface area contributed by atoms with Crippen molar-refractivity contribution in [2.75, 3.05) is 19.6 Å². The van der Waals surface area contributed by atoms with Crippen molar-refractivity contribution in [2.24, 2.45) is 11.7 Å². The Bertz CT molecular complexity index is 695. The summed E-state index contributed by atoms with van der Waals surface area (Å²) in [4.78, 5) is 14.6. The second-order valence-electron chi connectivity index (χ2n) is 6.40. The van der Waals surface area contributed by atoms with Crippen molar-refractivity contribution in [2.45, 2.75) is 18.8 Å². The Kier molecular flexibility index (Phi) is 7.48. The van der Waals surface area contributed by atoms with Crippen LogP contribution in [0.4, 0.5) is 0 Å². The van der Waals surface area contributed by atoms with Crippen LogP contribution >= 0.6 is 28.3 Å². The molecule has 1 aliphatic heterocycles. The van der Waals surface area contributed by atoms with Crippen molar-refractivity contribution < 1.29 is 4.79 Å². The van der Waals surface area contributed by atoms with Crippen molar-refractivity contribution in [3.8, 4) is 0 Å². The third-order valence-electron chi connectivity index (χ3n) is 4.89. The van der Waals surface area contributed by atoms with Crippen molar-refractivity contribution in [1.29, 1.82) is 0 Å². The van der Waals surface area contributed by atoms with E-state index in [9.17, 15) is 4.79 Å². The van der Waals surface area contributed by atoms with Gasteiger partial charge >= 0.3 is 0 Å². The molecule has 2 aromatic carbocycles. The molecule has 0 saturated carbocycles. The molecule has 1 amide bonds. The zero-order chi connectivity index (χ0) is 16.9. The van der Waals surface area contributed by atoms with E-state index in [2.05, 4.69) is 46.3 Å². The first-order chi connectivity index (χ1) is 11.7. The summed E-state index contributed by atoms with van der Waals surface area (Å²) in [7, 11) is 0. The average molecular weight is 424 g/mol. The molecule has 2 aromatic rings. The standard InChI is InChI=1S/C20H23BrN2O.ClH/c21-19-9-5-4-8-16(19)10-11-20(24)23-13-17(12-22)18(14-23)15-6-2-1-3-7-15;/h1-9,17-18H,10-14,22H2;1H/t17-,18+;/m1./s1. The van der Waals surface area contributed by atoms with Gasteiger partial charge in [0.1, 0.15) is 0 Å². The van der Waals surface area contributed by atoms with Gasteiger partial charge < -0.3 is 10.6 Å². The summed E-state index contributed by atoms with van der Waals surface area (Å²) in [5.41, 5.74) is 8.43. The van der Waals surface area contributed by atoms with Crippen LogP contribution < -0.4 is 5.73 Å². The van der Waals surface area contributed by atoms with Gasteiger partial charge in [-0.25, -0.2) is 0 Å². The number of carbonyl (C=O) groups is 1. The number of benzene rings is 2. The van der Waals surface area contributed by atoms with Gasteiger partial charge in [0.15, 0.2) is 0 Å². The lowest BCUT2D eigenvalue weighted by Crippen LogP contribution is -2.30. The zero-order valence-corrected chi connectivity index (χ0v) is 16.5. The lowest BCUT2D eigenvalue weighted by Gasteiger charge is -2.17. The Morgan fingerprint density at radius 3 is 2.44 bits per heavy atom. The van der Waals surface area contributed by atoms with E-state index in [1.807, 2.05) is 29.2 Å². The fourth-order valence-electron chi connectivity index (χ4n) is 3.49. The molecule has 2 N–H and O–H groups in total. The Morgan fingerprint density at radius 2 is 1.76 bits per heavy atom. The molecule has 134 valence electrons. The van der Waals surface area contributed by atoms with E-state index in [-0.39, 0.29) is 18.3 Å². The molecule has 0 spiro atoms. The summed E-state index contributed by atoms with van der Waals surface area (Å²) >= 11 is 3.55. The molecule has 3 rings (SSSR count). The monoisotopic (exact) mass is 422 g/mol. The van der Waals surface area contributed by atoms with Gasteiger partial charge in [-0.2, -0.15) is 0 Å². The average Bonchev–Trinajstić information content (AvgIpc) is 3.06. The summed E-state index contributed by atoms with van der Waals surface area (Å²) in [5.74, 6) is 0.922. The fraction of sp³-hybridized carbons (Fsp3) is 0.350. The fourth-order valence-corrected chi connectivity index (χ4v) is 3.98. The molecule has 1 saturated heterocycles. The van der Waals surface area contributed by atoms with Gasteiger partial charge in [-0.05, 0) is 36.1 Å². The van der Waals surface area contributed by atoms with Crippen LogP contribution in [0.15, 0.2) is 59.1 Å². The molecular formula is C20H24BrClN2O. The molecule has 3 nitrogen and oxygen atoms in total. The highest BCUT2D eigenvalue weighted by Gasteiger charge is 2.34. The third kappa shape index (κ3) is 4.84. The SMILES string of the molecule is Cl.NC[C@@H]1CN(C(=O)CCc2ccccc2Br)C[C@H]1c1ccccc1. The van der Waals surface area contributed by atoms with Crippen LogP contribution in [0, 0.1) is 5.92 Å². The first-order valence-electron chi connectivity index (χ1n) is 8.45. The number of rotatable bonds is 5. The van der Waals surface area contributed by atoms with E-state index in [1.54, 1.807) is 0 Å². The van der Waals surface area contributed by atoms with E-state index in [0.29, 0.717) is 24.8 Å². The smallest absolute Gasteiger partial charge is 0.222 e. The van der Waals surface area contributed by atoms with Crippen LogP contribution in [0.1, 0.15) is 23.5 Å². The number of amides is 1. The molecule has 1 heterocycles. The molecule has 0 aromatic heterocycles. The van der Waals surface area contributed by atoms with E-state index in [4.69, 9.17) is 5.73 Å². The van der Waals surface area contributed by atoms with Gasteiger partial charge in [0.05, 0.1) is 0 Å². The number of carbonyl (C=O) groups excluding carboxylic acids is 1. The largest absolute Gasteiger partial charge is 0.342 e. The minimum absolute atomic E-state index is 0. The number of hydrogen-bond acceptors (Lipinski definition) is 2. The summed E-state index contributed by atoms with van der Waals surface area (Å²) < 4.78 is 1.07. The van der Waals surface area contributed by atoms with E-state index < -0.39 is 0 Å². The molecule has 0 bridgehead atoms. The Morgan fingerprint density at radius 1 is 1.08 bits per heavy atom. The Hall–Kier alpha value is -1.36. The molecule has 0 unspecified atom stereocenters. The summed E-state index contributed by atoms with van der Waals surface area (Å²) in [5, 5.41) is 0. The van der Waals surface area contributed by atoms with E-state index in [1.165, 1.54) is 11.1 Å². The van der Waals surface area contributed by atoms with E-state index in [0.717, 1.165) is 24.0 Å². The van der Waals surface area contributed by atoms with Crippen molar-refractivity contribution in [3.63, 3.8) is 0 Å². The van der Waals surface area contributed by atoms with Gasteiger partial charge in [-0.3, -0.25) is 4.79 Å². The normalized spacial score (nSPS) is 19.5. The summed E-state index contributed by atoms with van der Waals surface area (Å²) in [6, 6.07) is 18.5. The van der Waals surface area contributed by atoms with Crippen molar-refractivity contribution in [1.82, 2.24) is 4.90 Å². The van der Waals surface area contributed by atoms with Crippen molar-refractivity contribution >= 4 is 34.2 Å². The van der Waals surface area contributed by atoms with Crippen LogP contribution in [0.25, 0.3) is 0 Å². The van der Waals surface area contributed by atoms with Crippen LogP contribution in [-0.4, -0.2) is 30.4 Å². The maximum atomic E-state index is 12.6. The highest BCUT2D eigenvalue weighted by atomic mass is 79.9. The maximum absolute atomic E-state index is 12.6. The van der Waals surface area contributed by atoms with Crippen molar-refractivity contribution in [3.05, 3.63) is 70.2 Å². The van der Waals surface area contributed by atoms with E-state index >= 15 is 0 Å². The first kappa shape index (κ1) is 20.0. The summed E-state index contributed by atoms with van der Waals surface area (Å²) in [6.45, 7) is 2.17. The minimum atomic E-state index is 0. The number of nitrogens with zero attached hydrogens (tertiary/aromatic N) is 1. The second kappa shape index (κ2) is 9.37. The van der Waals surface area contributed by atoms with Crippen LogP contribution in [0.3, 0.4) is 0 Å². The highest BCUT2D eigenvalue weighted by molar-refractivity contribution is 9.10. The molecule has 1 aliphatic rings. The molecule has 1 fully saturated rings. The molecule has 5 heteroatoms. The number of halogens is 2. The first-order valence-corrected chi connectivity index (χ1v) is 9.24. The third-order valence-corrected chi connectivity index (χ3v) is 5.66.